The summed E-state index contributed by atoms with van der Waals surface area (Å²) in [6.45, 7) is 4.75. The molecule has 0 saturated heterocycles. The van der Waals surface area contributed by atoms with Crippen LogP contribution in [0.4, 0.5) is 0 Å². The fraction of sp³-hybridized carbons (Fsp3) is 0.667. The molecule has 0 fully saturated rings. The van der Waals surface area contributed by atoms with Gasteiger partial charge in [0.05, 0.1) is 8.07 Å². The van der Waals surface area contributed by atoms with Crippen LogP contribution in [-0.4, -0.2) is 8.07 Å². The van der Waals surface area contributed by atoms with Gasteiger partial charge in [-0.2, -0.15) is 0 Å². The van der Waals surface area contributed by atoms with Crippen molar-refractivity contribution in [2.24, 2.45) is 0 Å². The Balaban J connectivity index is 2.55. The summed E-state index contributed by atoms with van der Waals surface area (Å²) >= 11 is 5.79. The predicted octanol–water partition coefficient (Wildman–Crippen LogP) is 2.83. The maximum Gasteiger partial charge on any atom is 0.0565 e. The Kier molecular flexibility index (Phi) is 1.50. The van der Waals surface area contributed by atoms with Crippen molar-refractivity contribution in [1.82, 2.24) is 0 Å². The Morgan fingerprint density at radius 3 is 2.38 bits per heavy atom. The smallest absolute Gasteiger partial charge is 0.0565 e. The monoisotopic (exact) mass is 146 g/mol. The van der Waals surface area contributed by atoms with Crippen LogP contribution >= 0.6 is 11.6 Å². The maximum absolute atomic E-state index is 5.79. The quantitative estimate of drug-likeness (QED) is 0.461. The molecule has 0 atom stereocenters. The summed E-state index contributed by atoms with van der Waals surface area (Å²) in [6.07, 6.45) is 2.17. The molecule has 2 heteroatoms. The minimum absolute atomic E-state index is 0.828. The molecule has 1 aliphatic heterocycles. The summed E-state index contributed by atoms with van der Waals surface area (Å²) in [4.78, 5) is 0. The molecule has 0 unspecified atom stereocenters. The van der Waals surface area contributed by atoms with E-state index in [9.17, 15) is 0 Å². The van der Waals surface area contributed by atoms with E-state index in [1.54, 1.807) is 0 Å². The SMILES string of the molecule is C[Si]1(C)CC=C(Cl)C1. The van der Waals surface area contributed by atoms with Gasteiger partial charge in [0.2, 0.25) is 0 Å². The molecule has 0 aromatic carbocycles. The highest BCUT2D eigenvalue weighted by Crippen LogP contribution is 2.30. The second-order valence-electron chi connectivity index (χ2n) is 3.20. The van der Waals surface area contributed by atoms with E-state index in [2.05, 4.69) is 19.2 Å². The lowest BCUT2D eigenvalue weighted by molar-refractivity contribution is 1.52. The van der Waals surface area contributed by atoms with Crippen molar-refractivity contribution in [1.29, 1.82) is 0 Å². The lowest BCUT2D eigenvalue weighted by Gasteiger charge is -2.11. The maximum atomic E-state index is 5.79. The van der Waals surface area contributed by atoms with Gasteiger partial charge in [0.15, 0.2) is 0 Å². The van der Waals surface area contributed by atoms with Gasteiger partial charge in [0.25, 0.3) is 0 Å². The lowest BCUT2D eigenvalue weighted by Crippen LogP contribution is -2.19. The molecular weight excluding hydrogens is 136 g/mol. The summed E-state index contributed by atoms with van der Waals surface area (Å²) in [6, 6.07) is 2.49. The Bertz CT molecular complexity index is 126. The molecule has 0 aliphatic carbocycles. The van der Waals surface area contributed by atoms with E-state index in [4.69, 9.17) is 11.6 Å². The van der Waals surface area contributed by atoms with E-state index in [1.807, 2.05) is 0 Å². The first kappa shape index (κ1) is 6.37. The van der Waals surface area contributed by atoms with E-state index in [0.717, 1.165) is 5.03 Å². The van der Waals surface area contributed by atoms with Gasteiger partial charge in [-0.1, -0.05) is 30.8 Å². The zero-order valence-electron chi connectivity index (χ0n) is 5.37. The molecule has 8 heavy (non-hydrogen) atoms. The van der Waals surface area contributed by atoms with Crippen molar-refractivity contribution in [2.45, 2.75) is 25.2 Å². The van der Waals surface area contributed by atoms with Crippen LogP contribution < -0.4 is 0 Å². The van der Waals surface area contributed by atoms with Crippen LogP contribution in [-0.2, 0) is 0 Å². The largest absolute Gasteiger partial charge is 0.0898 e. The summed E-state index contributed by atoms with van der Waals surface area (Å²) in [5.74, 6) is 0. The predicted molar refractivity (Wildman–Crippen MR) is 41.0 cm³/mol. The molecule has 0 bridgehead atoms. The number of allylic oxidation sites excluding steroid dienone is 2. The van der Waals surface area contributed by atoms with E-state index in [-0.39, 0.29) is 0 Å². The average Bonchev–Trinajstić information content (AvgIpc) is 1.82. The van der Waals surface area contributed by atoms with Gasteiger partial charge in [0, 0.05) is 5.03 Å². The van der Waals surface area contributed by atoms with E-state index in [1.165, 1.54) is 12.1 Å². The summed E-state index contributed by atoms with van der Waals surface area (Å²) < 4.78 is 0. The normalized spacial score (nSPS) is 25.6. The molecule has 0 spiro atoms. The number of rotatable bonds is 0. The Hall–Kier alpha value is 0.247. The first-order chi connectivity index (χ1) is 3.60. The van der Waals surface area contributed by atoms with Crippen LogP contribution in [0.3, 0.4) is 0 Å². The van der Waals surface area contributed by atoms with Crippen molar-refractivity contribution in [2.75, 3.05) is 0 Å². The molecule has 0 aromatic heterocycles. The van der Waals surface area contributed by atoms with Crippen molar-refractivity contribution in [3.63, 3.8) is 0 Å². The number of hydrogen-bond donors (Lipinski definition) is 0. The third kappa shape index (κ3) is 1.36. The number of hydrogen-bond acceptors (Lipinski definition) is 0. The zero-order chi connectivity index (χ0) is 6.20. The van der Waals surface area contributed by atoms with Crippen LogP contribution in [0.15, 0.2) is 11.1 Å². The lowest BCUT2D eigenvalue weighted by atomic mass is 10.6. The highest BCUT2D eigenvalue weighted by molar-refractivity contribution is 6.80. The summed E-state index contributed by atoms with van der Waals surface area (Å²) in [5.41, 5.74) is 0. The highest BCUT2D eigenvalue weighted by atomic mass is 35.5. The minimum atomic E-state index is -0.828. The second-order valence-corrected chi connectivity index (χ2v) is 8.77. The molecule has 1 rings (SSSR count). The van der Waals surface area contributed by atoms with Crippen LogP contribution in [0.5, 0.6) is 0 Å². The Morgan fingerprint density at radius 2 is 2.25 bits per heavy atom. The molecule has 46 valence electrons. The van der Waals surface area contributed by atoms with Crippen LogP contribution in [0, 0.1) is 0 Å². The van der Waals surface area contributed by atoms with Crippen molar-refractivity contribution in [3.05, 3.63) is 11.1 Å². The fourth-order valence-electron chi connectivity index (χ4n) is 0.989. The highest BCUT2D eigenvalue weighted by Gasteiger charge is 2.25. The van der Waals surface area contributed by atoms with Gasteiger partial charge in [0.1, 0.15) is 0 Å². The first-order valence-corrected chi connectivity index (χ1v) is 6.74. The van der Waals surface area contributed by atoms with Crippen molar-refractivity contribution in [3.8, 4) is 0 Å². The fourth-order valence-corrected chi connectivity index (χ4v) is 4.28. The van der Waals surface area contributed by atoms with Crippen LogP contribution in [0.25, 0.3) is 0 Å². The molecule has 0 amide bonds. The number of halogens is 1. The van der Waals surface area contributed by atoms with E-state index >= 15 is 0 Å². The standard InChI is InChI=1S/C6H11ClSi/c1-8(2)4-3-6(7)5-8/h3H,4-5H2,1-2H3. The van der Waals surface area contributed by atoms with Gasteiger partial charge >= 0.3 is 0 Å². The molecule has 0 saturated carbocycles. The van der Waals surface area contributed by atoms with Crippen molar-refractivity contribution < 1.29 is 0 Å². The molecular formula is C6H11ClSi. The minimum Gasteiger partial charge on any atom is -0.0898 e. The molecule has 0 aromatic rings. The van der Waals surface area contributed by atoms with Gasteiger partial charge in [-0.3, -0.25) is 0 Å². The molecule has 0 N–H and O–H groups in total. The van der Waals surface area contributed by atoms with E-state index < -0.39 is 8.07 Å². The summed E-state index contributed by atoms with van der Waals surface area (Å²) in [7, 11) is -0.828. The van der Waals surface area contributed by atoms with E-state index in [0.29, 0.717) is 0 Å². The average molecular weight is 147 g/mol. The molecule has 1 heterocycles. The topological polar surface area (TPSA) is 0 Å². The Morgan fingerprint density at radius 1 is 1.62 bits per heavy atom. The third-order valence-corrected chi connectivity index (χ3v) is 4.68. The molecule has 0 radical (unpaired) electrons. The summed E-state index contributed by atoms with van der Waals surface area (Å²) in [5, 5.41) is 1.10. The van der Waals surface area contributed by atoms with Gasteiger partial charge in [-0.25, -0.2) is 0 Å². The van der Waals surface area contributed by atoms with Crippen molar-refractivity contribution >= 4 is 19.7 Å². The molecule has 1 aliphatic rings. The van der Waals surface area contributed by atoms with Gasteiger partial charge in [-0.05, 0) is 12.1 Å². The third-order valence-electron chi connectivity index (χ3n) is 1.52. The second kappa shape index (κ2) is 1.89. The Labute approximate surface area is 56.6 Å². The van der Waals surface area contributed by atoms with Crippen LogP contribution in [0.2, 0.25) is 25.2 Å². The van der Waals surface area contributed by atoms with Gasteiger partial charge < -0.3 is 0 Å². The van der Waals surface area contributed by atoms with Crippen LogP contribution in [0.1, 0.15) is 0 Å². The van der Waals surface area contributed by atoms with Gasteiger partial charge in [-0.15, -0.1) is 0 Å². The first-order valence-electron chi connectivity index (χ1n) is 2.95. The molecule has 0 nitrogen and oxygen atoms in total. The zero-order valence-corrected chi connectivity index (χ0v) is 7.13.